The van der Waals surface area contributed by atoms with Crippen LogP contribution in [-0.2, 0) is 6.54 Å². The Morgan fingerprint density at radius 3 is 2.84 bits per heavy atom. The molecule has 0 radical (unpaired) electrons. The van der Waals surface area contributed by atoms with Gasteiger partial charge in [-0.25, -0.2) is 9.37 Å². The third kappa shape index (κ3) is 2.90. The van der Waals surface area contributed by atoms with Crippen molar-refractivity contribution in [2.75, 3.05) is 7.05 Å². The molecule has 0 unspecified atom stereocenters. The second-order valence-corrected chi connectivity index (χ2v) is 4.51. The molecule has 0 aliphatic carbocycles. The number of carbonyl (C=O) groups is 1. The number of hydrogen-bond donors (Lipinski definition) is 1. The van der Waals surface area contributed by atoms with Gasteiger partial charge in [-0.1, -0.05) is 17.7 Å². The molecule has 0 fully saturated rings. The summed E-state index contributed by atoms with van der Waals surface area (Å²) < 4.78 is 13.6. The maximum absolute atomic E-state index is 13.6. The molecule has 5 nitrogen and oxygen atoms in total. The van der Waals surface area contributed by atoms with Gasteiger partial charge >= 0.3 is 0 Å². The van der Waals surface area contributed by atoms with E-state index in [1.807, 2.05) is 0 Å². The zero-order chi connectivity index (χ0) is 14.0. The first-order valence-electron chi connectivity index (χ1n) is 5.56. The Hall–Kier alpha value is -1.95. The van der Waals surface area contributed by atoms with Crippen LogP contribution >= 0.6 is 11.6 Å². The normalized spacial score (nSPS) is 10.5. The first-order chi connectivity index (χ1) is 8.99. The average Bonchev–Trinajstić information content (AvgIpc) is 2.79. The van der Waals surface area contributed by atoms with E-state index >= 15 is 0 Å². The standard InChI is InChI=1S/C12H12ClFN4O/c1-7-15-11(17-16-7)12(19)18(2)6-8-9(13)4-3-5-10(8)14/h3-5H,6H2,1-2H3,(H,15,16,17). The van der Waals surface area contributed by atoms with Gasteiger partial charge in [-0.3, -0.25) is 9.89 Å². The fraction of sp³-hybridized carbons (Fsp3) is 0.250. The predicted molar refractivity (Wildman–Crippen MR) is 68.3 cm³/mol. The summed E-state index contributed by atoms with van der Waals surface area (Å²) in [6, 6.07) is 4.40. The molecule has 2 rings (SSSR count). The average molecular weight is 283 g/mol. The maximum atomic E-state index is 13.6. The number of nitrogens with one attached hydrogen (secondary N) is 1. The van der Waals surface area contributed by atoms with Crippen LogP contribution in [0, 0.1) is 12.7 Å². The van der Waals surface area contributed by atoms with Crippen LogP contribution in [-0.4, -0.2) is 33.0 Å². The van der Waals surface area contributed by atoms with Gasteiger partial charge in [0.15, 0.2) is 0 Å². The van der Waals surface area contributed by atoms with Crippen molar-refractivity contribution < 1.29 is 9.18 Å². The zero-order valence-corrected chi connectivity index (χ0v) is 11.2. The highest BCUT2D eigenvalue weighted by Crippen LogP contribution is 2.20. The minimum Gasteiger partial charge on any atom is -0.334 e. The van der Waals surface area contributed by atoms with E-state index in [9.17, 15) is 9.18 Å². The number of hydrogen-bond acceptors (Lipinski definition) is 3. The molecule has 1 aromatic carbocycles. The summed E-state index contributed by atoms with van der Waals surface area (Å²) in [5.74, 6) is -0.255. The second kappa shape index (κ2) is 5.36. The number of halogens is 2. The molecule has 1 heterocycles. The van der Waals surface area contributed by atoms with Crippen molar-refractivity contribution in [2.45, 2.75) is 13.5 Å². The largest absolute Gasteiger partial charge is 0.334 e. The quantitative estimate of drug-likeness (QED) is 0.938. The van der Waals surface area contributed by atoms with Crippen molar-refractivity contribution >= 4 is 17.5 Å². The minimum atomic E-state index is -0.446. The van der Waals surface area contributed by atoms with Crippen LogP contribution in [0.4, 0.5) is 4.39 Å². The Kier molecular flexibility index (Phi) is 3.80. The van der Waals surface area contributed by atoms with Crippen molar-refractivity contribution in [1.29, 1.82) is 0 Å². The predicted octanol–water partition coefficient (Wildman–Crippen LogP) is 2.18. The monoisotopic (exact) mass is 282 g/mol. The number of benzene rings is 1. The number of carbonyl (C=O) groups excluding carboxylic acids is 1. The Bertz CT molecular complexity index is 593. The van der Waals surface area contributed by atoms with Gasteiger partial charge in [0.1, 0.15) is 11.6 Å². The highest BCUT2D eigenvalue weighted by Gasteiger charge is 2.18. The first kappa shape index (κ1) is 13.5. The van der Waals surface area contributed by atoms with Crippen molar-refractivity contribution in [3.8, 4) is 0 Å². The van der Waals surface area contributed by atoms with E-state index in [1.165, 1.54) is 24.1 Å². The van der Waals surface area contributed by atoms with Crippen molar-refractivity contribution in [2.24, 2.45) is 0 Å². The number of aryl methyl sites for hydroxylation is 1. The molecule has 0 bridgehead atoms. The van der Waals surface area contributed by atoms with Gasteiger partial charge < -0.3 is 4.90 Å². The Morgan fingerprint density at radius 1 is 1.53 bits per heavy atom. The SMILES string of the molecule is Cc1nc(C(=O)N(C)Cc2c(F)cccc2Cl)n[nH]1. The molecule has 19 heavy (non-hydrogen) atoms. The molecule has 0 aliphatic rings. The number of H-pyrrole nitrogens is 1. The molecular formula is C12H12ClFN4O. The van der Waals surface area contributed by atoms with Crippen LogP contribution in [0.1, 0.15) is 22.0 Å². The molecule has 0 spiro atoms. The summed E-state index contributed by atoms with van der Waals surface area (Å²) in [4.78, 5) is 17.2. The van der Waals surface area contributed by atoms with Gasteiger partial charge in [-0.05, 0) is 19.1 Å². The van der Waals surface area contributed by atoms with Gasteiger partial charge in [0, 0.05) is 17.6 Å². The van der Waals surface area contributed by atoms with Crippen molar-refractivity contribution in [3.05, 3.63) is 46.3 Å². The topological polar surface area (TPSA) is 61.9 Å². The van der Waals surface area contributed by atoms with Crippen LogP contribution in [0.2, 0.25) is 5.02 Å². The van der Waals surface area contributed by atoms with E-state index in [0.717, 1.165) is 0 Å². The van der Waals surface area contributed by atoms with E-state index in [2.05, 4.69) is 15.2 Å². The van der Waals surface area contributed by atoms with Gasteiger partial charge in [0.2, 0.25) is 5.82 Å². The molecule has 0 atom stereocenters. The third-order valence-electron chi connectivity index (χ3n) is 2.59. The lowest BCUT2D eigenvalue weighted by molar-refractivity contribution is 0.0772. The molecular weight excluding hydrogens is 271 g/mol. The molecule has 1 amide bonds. The second-order valence-electron chi connectivity index (χ2n) is 4.11. The molecule has 1 aromatic heterocycles. The van der Waals surface area contributed by atoms with Crippen LogP contribution < -0.4 is 0 Å². The molecule has 2 aromatic rings. The number of aromatic nitrogens is 3. The summed E-state index contributed by atoms with van der Waals surface area (Å²) in [5.41, 5.74) is 0.271. The van der Waals surface area contributed by atoms with Crippen molar-refractivity contribution in [1.82, 2.24) is 20.1 Å². The minimum absolute atomic E-state index is 0.0486. The molecule has 0 aliphatic heterocycles. The third-order valence-corrected chi connectivity index (χ3v) is 2.95. The van der Waals surface area contributed by atoms with Gasteiger partial charge in [0.05, 0.1) is 6.54 Å². The molecule has 0 saturated heterocycles. The zero-order valence-electron chi connectivity index (χ0n) is 10.4. The van der Waals surface area contributed by atoms with Crippen LogP contribution in [0.5, 0.6) is 0 Å². The number of rotatable bonds is 3. The van der Waals surface area contributed by atoms with Gasteiger partial charge in [-0.2, -0.15) is 0 Å². The summed E-state index contributed by atoms with van der Waals surface area (Å²) in [7, 11) is 1.54. The maximum Gasteiger partial charge on any atom is 0.293 e. The summed E-state index contributed by atoms with van der Waals surface area (Å²) in [5, 5.41) is 6.63. The number of nitrogens with zero attached hydrogens (tertiary/aromatic N) is 3. The lowest BCUT2D eigenvalue weighted by Crippen LogP contribution is -2.27. The molecule has 0 saturated carbocycles. The van der Waals surface area contributed by atoms with Crippen LogP contribution in [0.15, 0.2) is 18.2 Å². The van der Waals surface area contributed by atoms with Crippen LogP contribution in [0.3, 0.4) is 0 Å². The first-order valence-corrected chi connectivity index (χ1v) is 5.94. The number of aromatic amines is 1. The number of amides is 1. The molecule has 7 heteroatoms. The van der Waals surface area contributed by atoms with E-state index in [0.29, 0.717) is 5.82 Å². The fourth-order valence-electron chi connectivity index (χ4n) is 1.60. The lowest BCUT2D eigenvalue weighted by Gasteiger charge is -2.16. The molecule has 100 valence electrons. The Morgan fingerprint density at radius 2 is 2.26 bits per heavy atom. The fourth-order valence-corrected chi connectivity index (χ4v) is 1.82. The Labute approximate surface area is 114 Å². The summed E-state index contributed by atoms with van der Waals surface area (Å²) in [6.45, 7) is 1.75. The highest BCUT2D eigenvalue weighted by molar-refractivity contribution is 6.31. The van der Waals surface area contributed by atoms with E-state index in [4.69, 9.17) is 11.6 Å². The van der Waals surface area contributed by atoms with E-state index in [1.54, 1.807) is 13.0 Å². The highest BCUT2D eigenvalue weighted by atomic mass is 35.5. The van der Waals surface area contributed by atoms with E-state index < -0.39 is 11.7 Å². The Balaban J connectivity index is 2.17. The van der Waals surface area contributed by atoms with Crippen molar-refractivity contribution in [3.63, 3.8) is 0 Å². The van der Waals surface area contributed by atoms with E-state index in [-0.39, 0.29) is 23.0 Å². The smallest absolute Gasteiger partial charge is 0.293 e. The summed E-state index contributed by atoms with van der Waals surface area (Å²) in [6.07, 6.45) is 0. The van der Waals surface area contributed by atoms with Gasteiger partial charge in [-0.15, -0.1) is 5.10 Å². The molecule has 1 N–H and O–H groups in total. The lowest BCUT2D eigenvalue weighted by atomic mass is 10.2. The van der Waals surface area contributed by atoms with Gasteiger partial charge in [0.25, 0.3) is 5.91 Å². The van der Waals surface area contributed by atoms with Crippen LogP contribution in [0.25, 0.3) is 0 Å². The summed E-state index contributed by atoms with van der Waals surface area (Å²) >= 11 is 5.91.